The highest BCUT2D eigenvalue weighted by molar-refractivity contribution is 6.56. The normalized spacial score (nSPS) is 17.2. The molecule has 3 aromatic rings. The maximum Gasteiger partial charge on any atom is 0.492 e. The highest BCUT2D eigenvalue weighted by Crippen LogP contribution is 2.44. The number of hydrogen-bond acceptors (Lipinski definition) is 6. The molecule has 2 aliphatic rings. The topological polar surface area (TPSA) is 75.3 Å². The van der Waals surface area contributed by atoms with Gasteiger partial charge < -0.3 is 28.8 Å². The molecule has 1 amide bonds. The molecule has 1 heterocycles. The quantitative estimate of drug-likeness (QED) is 0.243. The van der Waals surface area contributed by atoms with Crippen LogP contribution in [0.15, 0.2) is 72.2 Å². The minimum absolute atomic E-state index is 0.0118. The summed E-state index contributed by atoms with van der Waals surface area (Å²) in [5.41, 5.74) is 4.19. The Balaban J connectivity index is 1.31. The van der Waals surface area contributed by atoms with Crippen LogP contribution in [-0.2, 0) is 18.8 Å². The zero-order valence-electron chi connectivity index (χ0n) is 24.0. The molecule has 5 rings (SSSR count). The van der Waals surface area contributed by atoms with Crippen LogP contribution in [0.2, 0.25) is 0 Å². The second-order valence-electron chi connectivity index (χ2n) is 11.2. The van der Waals surface area contributed by atoms with Crippen LogP contribution in [0.3, 0.4) is 0 Å². The Bertz CT molecular complexity index is 1390. The summed E-state index contributed by atoms with van der Waals surface area (Å²) < 4.78 is 43.4. The van der Waals surface area contributed by atoms with Crippen LogP contribution in [0.5, 0.6) is 5.75 Å². The zero-order chi connectivity index (χ0) is 29.2. The van der Waals surface area contributed by atoms with Crippen molar-refractivity contribution in [1.82, 2.24) is 5.32 Å². The van der Waals surface area contributed by atoms with Gasteiger partial charge in [0.05, 0.1) is 11.2 Å². The monoisotopic (exact) mass is 559 g/mol. The average Bonchev–Trinajstić information content (AvgIpc) is 3.38. The molecule has 0 radical (unpaired) electrons. The van der Waals surface area contributed by atoms with Crippen LogP contribution < -0.4 is 10.1 Å². The van der Waals surface area contributed by atoms with E-state index < -0.39 is 30.2 Å². The summed E-state index contributed by atoms with van der Waals surface area (Å²) in [5, 5.41) is 2.81. The number of methoxy groups -OCH3 is 1. The molecule has 1 aliphatic carbocycles. The molecule has 7 nitrogen and oxygen atoms in total. The van der Waals surface area contributed by atoms with Crippen molar-refractivity contribution in [3.8, 4) is 16.9 Å². The Hall–Kier alpha value is -3.66. The van der Waals surface area contributed by atoms with E-state index in [4.69, 9.17) is 23.5 Å². The van der Waals surface area contributed by atoms with E-state index >= 15 is 4.39 Å². The van der Waals surface area contributed by atoms with Crippen molar-refractivity contribution in [3.05, 3.63) is 94.7 Å². The molecule has 1 fully saturated rings. The molecule has 3 aromatic carbocycles. The molecule has 1 N–H and O–H groups in total. The number of fused-ring (bicyclic) bond motifs is 3. The third-order valence-corrected chi connectivity index (χ3v) is 7.99. The highest BCUT2D eigenvalue weighted by Gasteiger charge is 2.52. The van der Waals surface area contributed by atoms with Gasteiger partial charge in [-0.15, -0.1) is 0 Å². The van der Waals surface area contributed by atoms with Gasteiger partial charge in [-0.25, -0.2) is 9.18 Å². The first kappa shape index (κ1) is 28.9. The Morgan fingerprint density at radius 2 is 1.59 bits per heavy atom. The SMILES string of the molecule is COCOc1ccc(C=C(CNC(=O)OCC2c3ccccc3-c3ccccc32)B2OC(C)(C)C(C)(C)O2)c(F)c1. The lowest BCUT2D eigenvalue weighted by atomic mass is 9.77. The largest absolute Gasteiger partial charge is 0.492 e. The smallest absolute Gasteiger partial charge is 0.467 e. The Labute approximate surface area is 240 Å². The average molecular weight is 559 g/mol. The molecule has 0 aromatic heterocycles. The first-order valence-electron chi connectivity index (χ1n) is 13.7. The minimum atomic E-state index is -0.794. The Kier molecular flexibility index (Phi) is 8.22. The number of benzene rings is 3. The summed E-state index contributed by atoms with van der Waals surface area (Å²) in [7, 11) is 0.700. The van der Waals surface area contributed by atoms with Crippen LogP contribution in [0.1, 0.15) is 50.3 Å². The second kappa shape index (κ2) is 11.7. The molecule has 9 heteroatoms. The number of alkyl carbamates (subject to hydrolysis) is 1. The number of ether oxygens (including phenoxy) is 3. The number of rotatable bonds is 9. The summed E-state index contributed by atoms with van der Waals surface area (Å²) in [6, 6.07) is 20.9. The van der Waals surface area contributed by atoms with Gasteiger partial charge in [0.25, 0.3) is 0 Å². The first-order valence-corrected chi connectivity index (χ1v) is 13.7. The lowest BCUT2D eigenvalue weighted by Crippen LogP contribution is -2.41. The number of carbonyl (C=O) groups excluding carboxylic acids is 1. The van der Waals surface area contributed by atoms with Gasteiger partial charge >= 0.3 is 13.2 Å². The second-order valence-corrected chi connectivity index (χ2v) is 11.2. The highest BCUT2D eigenvalue weighted by atomic mass is 19.1. The van der Waals surface area contributed by atoms with Gasteiger partial charge in [0, 0.05) is 31.2 Å². The van der Waals surface area contributed by atoms with E-state index in [-0.39, 0.29) is 25.9 Å². The standard InChI is InChI=1S/C32H35BFNO6/c1-31(2)32(3,4)41-33(40-31)22(16-21-14-15-23(17-29(21)34)39-20-37-5)18-35-30(36)38-19-28-26-12-8-6-10-24(26)25-11-7-9-13-27(25)28/h6-17,28H,18-20H2,1-5H3,(H,35,36). The van der Waals surface area contributed by atoms with Crippen molar-refractivity contribution in [1.29, 1.82) is 0 Å². The van der Waals surface area contributed by atoms with Gasteiger partial charge in [-0.05, 0) is 67.6 Å². The van der Waals surface area contributed by atoms with Crippen molar-refractivity contribution in [2.24, 2.45) is 0 Å². The molecule has 41 heavy (non-hydrogen) atoms. The maximum absolute atomic E-state index is 15.0. The molecule has 0 bridgehead atoms. The van der Waals surface area contributed by atoms with Crippen LogP contribution >= 0.6 is 0 Å². The van der Waals surface area contributed by atoms with Gasteiger partial charge in [0.1, 0.15) is 18.2 Å². The maximum atomic E-state index is 15.0. The van der Waals surface area contributed by atoms with Gasteiger partial charge in [0.2, 0.25) is 0 Å². The van der Waals surface area contributed by atoms with Crippen molar-refractivity contribution >= 4 is 19.3 Å². The summed E-state index contributed by atoms with van der Waals surface area (Å²) in [6.07, 6.45) is 1.04. The van der Waals surface area contributed by atoms with Gasteiger partial charge in [-0.2, -0.15) is 0 Å². The number of amides is 1. The van der Waals surface area contributed by atoms with Crippen LogP contribution in [0, 0.1) is 5.82 Å². The minimum Gasteiger partial charge on any atom is -0.467 e. The predicted octanol–water partition coefficient (Wildman–Crippen LogP) is 6.36. The van der Waals surface area contributed by atoms with Crippen molar-refractivity contribution in [2.75, 3.05) is 27.1 Å². The summed E-state index contributed by atoms with van der Waals surface area (Å²) in [6.45, 7) is 7.98. The van der Waals surface area contributed by atoms with Crippen molar-refractivity contribution < 1.29 is 32.7 Å². The van der Waals surface area contributed by atoms with Gasteiger partial charge in [-0.3, -0.25) is 0 Å². The summed E-state index contributed by atoms with van der Waals surface area (Å²) >= 11 is 0. The van der Waals surface area contributed by atoms with Crippen LogP contribution in [0.4, 0.5) is 9.18 Å². The Morgan fingerprint density at radius 3 is 2.17 bits per heavy atom. The molecule has 0 unspecified atom stereocenters. The summed E-state index contributed by atoms with van der Waals surface area (Å²) in [5.74, 6) is -0.205. The molecule has 0 atom stereocenters. The van der Waals surface area contributed by atoms with E-state index in [1.54, 1.807) is 18.2 Å². The molecular weight excluding hydrogens is 524 g/mol. The molecule has 1 saturated heterocycles. The molecule has 214 valence electrons. The van der Waals surface area contributed by atoms with Crippen LogP contribution in [0.25, 0.3) is 17.2 Å². The first-order chi connectivity index (χ1) is 19.6. The van der Waals surface area contributed by atoms with Crippen molar-refractivity contribution in [2.45, 2.75) is 44.8 Å². The van der Waals surface area contributed by atoms with E-state index in [9.17, 15) is 4.79 Å². The number of hydrogen-bond donors (Lipinski definition) is 1. The molecule has 0 saturated carbocycles. The lowest BCUT2D eigenvalue weighted by molar-refractivity contribution is 0.00578. The molecule has 1 aliphatic heterocycles. The van der Waals surface area contributed by atoms with E-state index in [1.807, 2.05) is 52.0 Å². The zero-order valence-corrected chi connectivity index (χ0v) is 24.0. The van der Waals surface area contributed by atoms with Crippen molar-refractivity contribution in [3.63, 3.8) is 0 Å². The van der Waals surface area contributed by atoms with Gasteiger partial charge in [-0.1, -0.05) is 54.6 Å². The van der Waals surface area contributed by atoms with E-state index in [0.29, 0.717) is 16.8 Å². The molecular formula is C32H35BFNO6. The third kappa shape index (κ3) is 6.03. The fourth-order valence-corrected chi connectivity index (χ4v) is 5.06. The summed E-state index contributed by atoms with van der Waals surface area (Å²) in [4.78, 5) is 12.9. The Morgan fingerprint density at radius 1 is 0.976 bits per heavy atom. The fourth-order valence-electron chi connectivity index (χ4n) is 5.06. The number of nitrogens with one attached hydrogen (secondary N) is 1. The number of carbonyl (C=O) groups is 1. The third-order valence-electron chi connectivity index (χ3n) is 7.99. The van der Waals surface area contributed by atoms with E-state index in [0.717, 1.165) is 22.3 Å². The van der Waals surface area contributed by atoms with E-state index in [2.05, 4.69) is 29.6 Å². The van der Waals surface area contributed by atoms with E-state index in [1.165, 1.54) is 13.2 Å². The lowest BCUT2D eigenvalue weighted by Gasteiger charge is -2.32. The molecule has 0 spiro atoms. The fraction of sp³-hybridized carbons (Fsp3) is 0.344. The number of halogens is 1. The van der Waals surface area contributed by atoms with Gasteiger partial charge in [0.15, 0.2) is 6.79 Å². The van der Waals surface area contributed by atoms with Crippen LogP contribution in [-0.4, -0.2) is 51.5 Å². The predicted molar refractivity (Wildman–Crippen MR) is 156 cm³/mol.